The van der Waals surface area contributed by atoms with Crippen molar-refractivity contribution >= 4 is 16.9 Å². The highest BCUT2D eigenvalue weighted by Gasteiger charge is 2.29. The number of benzene rings is 1. The summed E-state index contributed by atoms with van der Waals surface area (Å²) in [4.78, 5) is 20.6. The Balaban J connectivity index is 1.93. The van der Waals surface area contributed by atoms with E-state index in [0.29, 0.717) is 23.0 Å². The molecule has 1 amide bonds. The molecular formula is C20H21N3O4. The van der Waals surface area contributed by atoms with Gasteiger partial charge < -0.3 is 9.47 Å². The van der Waals surface area contributed by atoms with Crippen LogP contribution < -0.4 is 15.0 Å². The lowest BCUT2D eigenvalue weighted by Crippen LogP contribution is -2.38. The fraction of sp³-hybridized carbons (Fsp3) is 0.250. The molecule has 27 heavy (non-hydrogen) atoms. The molecule has 1 aromatic carbocycles. The van der Waals surface area contributed by atoms with Gasteiger partial charge in [-0.2, -0.15) is 4.98 Å². The predicted octanol–water partition coefficient (Wildman–Crippen LogP) is 3.52. The van der Waals surface area contributed by atoms with E-state index in [1.807, 2.05) is 19.1 Å². The molecule has 0 bridgehead atoms. The van der Waals surface area contributed by atoms with E-state index in [4.69, 9.17) is 14.7 Å². The smallest absolute Gasteiger partial charge is 0.253 e. The molecule has 7 nitrogen and oxygen atoms in total. The summed E-state index contributed by atoms with van der Waals surface area (Å²) in [7, 11) is 1.56. The Hall–Kier alpha value is -3.19. The van der Waals surface area contributed by atoms with Crippen molar-refractivity contribution < 1.29 is 19.5 Å². The lowest BCUT2D eigenvalue weighted by Gasteiger charge is -2.22. The van der Waals surface area contributed by atoms with Gasteiger partial charge in [-0.15, -0.1) is 0 Å². The summed E-state index contributed by atoms with van der Waals surface area (Å²) in [5.74, 6) is 1.25. The van der Waals surface area contributed by atoms with Crippen molar-refractivity contribution in [3.05, 3.63) is 53.7 Å². The standard InChI is InChI=1S/C20H21N3O4/c1-12-11-16(15-9-10-17(26-4)22-18(15)21-12)27-14-7-5-13(6-8-14)20(2,3)19(24)23-25/h5-11,25H,1-4H3,(H,23,24). The number of hydroxylamine groups is 1. The fourth-order valence-electron chi connectivity index (χ4n) is 2.71. The SMILES string of the molecule is COc1ccc2c(Oc3ccc(C(C)(C)C(=O)NO)cc3)cc(C)nc2n1. The second-order valence-electron chi connectivity index (χ2n) is 6.68. The second kappa shape index (κ2) is 7.20. The Labute approximate surface area is 156 Å². The van der Waals surface area contributed by atoms with E-state index in [2.05, 4.69) is 9.97 Å². The number of rotatable bonds is 5. The van der Waals surface area contributed by atoms with Gasteiger partial charge in [-0.3, -0.25) is 10.0 Å². The highest BCUT2D eigenvalue weighted by atomic mass is 16.5. The molecule has 0 fully saturated rings. The van der Waals surface area contributed by atoms with Crippen LogP contribution in [0.5, 0.6) is 17.4 Å². The van der Waals surface area contributed by atoms with Crippen LogP contribution in [0.3, 0.4) is 0 Å². The molecule has 3 aromatic rings. The summed E-state index contributed by atoms with van der Waals surface area (Å²) in [5, 5.41) is 9.67. The number of nitrogens with zero attached hydrogens (tertiary/aromatic N) is 2. The van der Waals surface area contributed by atoms with E-state index < -0.39 is 11.3 Å². The summed E-state index contributed by atoms with van der Waals surface area (Å²) < 4.78 is 11.2. The fourth-order valence-corrected chi connectivity index (χ4v) is 2.71. The first-order valence-electron chi connectivity index (χ1n) is 8.40. The Morgan fingerprint density at radius 1 is 1.11 bits per heavy atom. The monoisotopic (exact) mass is 367 g/mol. The van der Waals surface area contributed by atoms with Crippen LogP contribution in [0.15, 0.2) is 42.5 Å². The van der Waals surface area contributed by atoms with Gasteiger partial charge in [-0.05, 0) is 44.5 Å². The van der Waals surface area contributed by atoms with Gasteiger partial charge in [0.25, 0.3) is 5.91 Å². The molecule has 140 valence electrons. The normalized spacial score (nSPS) is 11.3. The Bertz CT molecular complexity index is 984. The molecule has 0 aliphatic rings. The number of pyridine rings is 2. The molecule has 0 radical (unpaired) electrons. The number of aryl methyl sites for hydroxylation is 1. The number of hydrogen-bond donors (Lipinski definition) is 2. The number of aromatic nitrogens is 2. The minimum Gasteiger partial charge on any atom is -0.481 e. The van der Waals surface area contributed by atoms with Gasteiger partial charge in [0.2, 0.25) is 5.88 Å². The summed E-state index contributed by atoms with van der Waals surface area (Å²) in [6.07, 6.45) is 0. The molecule has 0 aliphatic heterocycles. The first-order chi connectivity index (χ1) is 12.8. The second-order valence-corrected chi connectivity index (χ2v) is 6.68. The first kappa shape index (κ1) is 18.6. The highest BCUT2D eigenvalue weighted by Crippen LogP contribution is 2.32. The summed E-state index contributed by atoms with van der Waals surface area (Å²) in [6.45, 7) is 5.33. The molecule has 0 unspecified atom stereocenters. The maximum absolute atomic E-state index is 11.8. The third-order valence-electron chi connectivity index (χ3n) is 4.42. The number of hydrogen-bond acceptors (Lipinski definition) is 6. The molecule has 2 aromatic heterocycles. The van der Waals surface area contributed by atoms with Crippen molar-refractivity contribution in [2.45, 2.75) is 26.2 Å². The zero-order valence-corrected chi connectivity index (χ0v) is 15.6. The van der Waals surface area contributed by atoms with Crippen LogP contribution in [0.2, 0.25) is 0 Å². The lowest BCUT2D eigenvalue weighted by molar-refractivity contribution is -0.134. The zero-order valence-electron chi connectivity index (χ0n) is 15.6. The van der Waals surface area contributed by atoms with E-state index in [9.17, 15) is 4.79 Å². The molecule has 7 heteroatoms. The maximum Gasteiger partial charge on any atom is 0.253 e. The topological polar surface area (TPSA) is 93.6 Å². The average Bonchev–Trinajstić information content (AvgIpc) is 2.67. The van der Waals surface area contributed by atoms with Crippen LogP contribution in [-0.2, 0) is 10.2 Å². The van der Waals surface area contributed by atoms with Gasteiger partial charge in [0.05, 0.1) is 17.9 Å². The van der Waals surface area contributed by atoms with Crippen molar-refractivity contribution in [1.82, 2.24) is 15.4 Å². The van der Waals surface area contributed by atoms with E-state index in [1.54, 1.807) is 56.8 Å². The zero-order chi connectivity index (χ0) is 19.6. The average molecular weight is 367 g/mol. The third kappa shape index (κ3) is 3.68. The predicted molar refractivity (Wildman–Crippen MR) is 100 cm³/mol. The quantitative estimate of drug-likeness (QED) is 0.529. The van der Waals surface area contributed by atoms with Crippen molar-refractivity contribution in [2.75, 3.05) is 7.11 Å². The minimum absolute atomic E-state index is 0.480. The maximum atomic E-state index is 11.8. The summed E-state index contributed by atoms with van der Waals surface area (Å²) >= 11 is 0. The Morgan fingerprint density at radius 2 is 1.81 bits per heavy atom. The van der Waals surface area contributed by atoms with E-state index in [-0.39, 0.29) is 0 Å². The van der Waals surface area contributed by atoms with Gasteiger partial charge >= 0.3 is 0 Å². The molecule has 0 spiro atoms. The first-order valence-corrected chi connectivity index (χ1v) is 8.40. The summed E-state index contributed by atoms with van der Waals surface area (Å²) in [6, 6.07) is 12.6. The van der Waals surface area contributed by atoms with Gasteiger partial charge in [0.15, 0.2) is 5.65 Å². The van der Waals surface area contributed by atoms with Crippen LogP contribution in [0.4, 0.5) is 0 Å². The van der Waals surface area contributed by atoms with Crippen LogP contribution >= 0.6 is 0 Å². The summed E-state index contributed by atoms with van der Waals surface area (Å²) in [5.41, 5.74) is 2.90. The molecule has 0 aliphatic carbocycles. The number of ether oxygens (including phenoxy) is 2. The lowest BCUT2D eigenvalue weighted by atomic mass is 9.84. The molecular weight excluding hydrogens is 346 g/mol. The molecule has 2 N–H and O–H groups in total. The van der Waals surface area contributed by atoms with Crippen molar-refractivity contribution in [1.29, 1.82) is 0 Å². The number of nitrogens with one attached hydrogen (secondary N) is 1. The number of carbonyl (C=O) groups excluding carboxylic acids is 1. The van der Waals surface area contributed by atoms with Crippen molar-refractivity contribution in [2.24, 2.45) is 0 Å². The number of fused-ring (bicyclic) bond motifs is 1. The Kier molecular flexibility index (Phi) is 4.96. The number of methoxy groups -OCH3 is 1. The van der Waals surface area contributed by atoms with Crippen molar-refractivity contribution in [3.8, 4) is 17.4 Å². The van der Waals surface area contributed by atoms with Crippen LogP contribution in [-0.4, -0.2) is 28.2 Å². The van der Waals surface area contributed by atoms with Gasteiger partial charge in [-0.25, -0.2) is 10.5 Å². The van der Waals surface area contributed by atoms with Crippen LogP contribution in [0, 0.1) is 6.92 Å². The highest BCUT2D eigenvalue weighted by molar-refractivity contribution is 5.86. The van der Waals surface area contributed by atoms with E-state index in [0.717, 1.165) is 16.6 Å². The van der Waals surface area contributed by atoms with Gasteiger partial charge in [-0.1, -0.05) is 12.1 Å². The minimum atomic E-state index is -0.867. The van der Waals surface area contributed by atoms with Crippen LogP contribution in [0.25, 0.3) is 11.0 Å². The number of carbonyl (C=O) groups is 1. The molecule has 0 saturated carbocycles. The van der Waals surface area contributed by atoms with Gasteiger partial charge in [0.1, 0.15) is 11.5 Å². The van der Waals surface area contributed by atoms with E-state index in [1.165, 1.54) is 0 Å². The van der Waals surface area contributed by atoms with Crippen molar-refractivity contribution in [3.63, 3.8) is 0 Å². The molecule has 2 heterocycles. The van der Waals surface area contributed by atoms with Gasteiger partial charge in [0, 0.05) is 17.8 Å². The van der Waals surface area contributed by atoms with E-state index >= 15 is 0 Å². The molecule has 0 saturated heterocycles. The number of amides is 1. The van der Waals surface area contributed by atoms with Crippen LogP contribution in [0.1, 0.15) is 25.1 Å². The third-order valence-corrected chi connectivity index (χ3v) is 4.42. The molecule has 0 atom stereocenters. The molecule has 3 rings (SSSR count). The largest absolute Gasteiger partial charge is 0.481 e. The Morgan fingerprint density at radius 3 is 2.44 bits per heavy atom.